The van der Waals surface area contributed by atoms with Gasteiger partial charge in [0, 0.05) is 18.0 Å². The van der Waals surface area contributed by atoms with Crippen LogP contribution in [0.2, 0.25) is 0 Å². The van der Waals surface area contributed by atoms with Crippen LogP contribution in [0.5, 0.6) is 0 Å². The lowest BCUT2D eigenvalue weighted by Crippen LogP contribution is -2.29. The molecule has 0 saturated carbocycles. The molecular weight excluding hydrogens is 260 g/mol. The summed E-state index contributed by atoms with van der Waals surface area (Å²) in [5.74, 6) is 0. The molecule has 17 heavy (non-hydrogen) atoms. The molecular formula is C10H16N2O3S2. The molecule has 0 bridgehead atoms. The summed E-state index contributed by atoms with van der Waals surface area (Å²) in [5, 5.41) is 9.38. The highest BCUT2D eigenvalue weighted by molar-refractivity contribution is 7.91. The highest BCUT2D eigenvalue weighted by atomic mass is 32.2. The summed E-state index contributed by atoms with van der Waals surface area (Å²) in [6, 6.07) is 3.42. The summed E-state index contributed by atoms with van der Waals surface area (Å²) in [6.45, 7) is 1.11. The van der Waals surface area contributed by atoms with E-state index in [-0.39, 0.29) is 6.54 Å². The number of β-amino-alcohol motifs (C(OH)–C–C–N with tert-alkyl or cyclic N) is 1. The molecule has 3 N–H and O–H groups in total. The van der Waals surface area contributed by atoms with Crippen molar-refractivity contribution in [1.29, 1.82) is 0 Å². The minimum atomic E-state index is -3.42. The standard InChI is InChI=1S/C10H16N2O3S2/c11-5-3-9-1-2-10(16-9)17(14,15)12-6-4-8(13)7-12/h1-2,8,13H,3-7,11H2. The average Bonchev–Trinajstić information content (AvgIpc) is 2.88. The summed E-state index contributed by atoms with van der Waals surface area (Å²) in [5.41, 5.74) is 5.43. The zero-order valence-corrected chi connectivity index (χ0v) is 11.0. The normalized spacial score (nSPS) is 22.1. The first kappa shape index (κ1) is 13.0. The lowest BCUT2D eigenvalue weighted by molar-refractivity contribution is 0.189. The third-order valence-corrected chi connectivity index (χ3v) is 6.23. The van der Waals surface area contributed by atoms with E-state index in [1.54, 1.807) is 12.1 Å². The molecule has 2 rings (SSSR count). The Morgan fingerprint density at radius 3 is 2.88 bits per heavy atom. The lowest BCUT2D eigenvalue weighted by atomic mass is 10.3. The van der Waals surface area contributed by atoms with Crippen LogP contribution >= 0.6 is 11.3 Å². The molecule has 0 amide bonds. The molecule has 0 radical (unpaired) electrons. The number of rotatable bonds is 4. The molecule has 96 valence electrons. The Morgan fingerprint density at radius 1 is 1.53 bits per heavy atom. The Morgan fingerprint density at radius 2 is 2.29 bits per heavy atom. The van der Waals surface area contributed by atoms with Crippen molar-refractivity contribution < 1.29 is 13.5 Å². The van der Waals surface area contributed by atoms with Crippen LogP contribution in [0.15, 0.2) is 16.3 Å². The van der Waals surface area contributed by atoms with Gasteiger partial charge in [0.2, 0.25) is 0 Å². The second-order valence-corrected chi connectivity index (χ2v) is 7.40. The third kappa shape index (κ3) is 2.69. The second kappa shape index (κ2) is 5.03. The van der Waals surface area contributed by atoms with E-state index in [0.717, 1.165) is 4.88 Å². The van der Waals surface area contributed by atoms with Gasteiger partial charge in [-0.15, -0.1) is 11.3 Å². The van der Waals surface area contributed by atoms with Crippen LogP contribution in [-0.4, -0.2) is 43.6 Å². The number of hydrogen-bond donors (Lipinski definition) is 2. The first-order valence-electron chi connectivity index (χ1n) is 5.51. The number of hydrogen-bond acceptors (Lipinski definition) is 5. The lowest BCUT2D eigenvalue weighted by Gasteiger charge is -2.13. The van der Waals surface area contributed by atoms with Gasteiger partial charge in [0.25, 0.3) is 10.0 Å². The van der Waals surface area contributed by atoms with Crippen molar-refractivity contribution in [1.82, 2.24) is 4.31 Å². The van der Waals surface area contributed by atoms with Crippen LogP contribution < -0.4 is 5.73 Å². The molecule has 0 aliphatic carbocycles. The fourth-order valence-corrected chi connectivity index (χ4v) is 4.85. The first-order chi connectivity index (χ1) is 8.04. The summed E-state index contributed by atoms with van der Waals surface area (Å²) in [7, 11) is -3.42. The Kier molecular flexibility index (Phi) is 3.84. The number of sulfonamides is 1. The third-order valence-electron chi connectivity index (χ3n) is 2.75. The van der Waals surface area contributed by atoms with Gasteiger partial charge in [-0.3, -0.25) is 0 Å². The highest BCUT2D eigenvalue weighted by Gasteiger charge is 2.32. The van der Waals surface area contributed by atoms with E-state index in [0.29, 0.717) is 30.1 Å². The van der Waals surface area contributed by atoms with Crippen LogP contribution in [0.25, 0.3) is 0 Å². The van der Waals surface area contributed by atoms with E-state index in [2.05, 4.69) is 0 Å². The molecule has 1 unspecified atom stereocenters. The van der Waals surface area contributed by atoms with Crippen LogP contribution in [0, 0.1) is 0 Å². The van der Waals surface area contributed by atoms with Gasteiger partial charge in [-0.25, -0.2) is 8.42 Å². The Labute approximate surface area is 105 Å². The summed E-state index contributed by atoms with van der Waals surface area (Å²) in [6.07, 6.45) is 0.677. The first-order valence-corrected chi connectivity index (χ1v) is 7.76. The van der Waals surface area contributed by atoms with Crippen molar-refractivity contribution in [3.05, 3.63) is 17.0 Å². The van der Waals surface area contributed by atoms with Crippen molar-refractivity contribution >= 4 is 21.4 Å². The summed E-state index contributed by atoms with van der Waals surface area (Å²) in [4.78, 5) is 0.978. The van der Waals surface area contributed by atoms with Crippen LogP contribution in [-0.2, 0) is 16.4 Å². The predicted molar refractivity (Wildman–Crippen MR) is 66.5 cm³/mol. The largest absolute Gasteiger partial charge is 0.392 e. The summed E-state index contributed by atoms with van der Waals surface area (Å²) < 4.78 is 26.1. The van der Waals surface area contributed by atoms with Gasteiger partial charge in [0.05, 0.1) is 6.10 Å². The van der Waals surface area contributed by atoms with E-state index in [9.17, 15) is 13.5 Å². The Hall–Kier alpha value is -0.470. The molecule has 1 fully saturated rings. The smallest absolute Gasteiger partial charge is 0.252 e. The molecule has 5 nitrogen and oxygen atoms in total. The van der Waals surface area contributed by atoms with Crippen molar-refractivity contribution in [3.63, 3.8) is 0 Å². The van der Waals surface area contributed by atoms with Crippen molar-refractivity contribution in [2.24, 2.45) is 5.73 Å². The SMILES string of the molecule is NCCc1ccc(S(=O)(=O)N2CCC(O)C2)s1. The van der Waals surface area contributed by atoms with Crippen LogP contribution in [0.3, 0.4) is 0 Å². The fourth-order valence-electron chi connectivity index (χ4n) is 1.83. The number of aliphatic hydroxyl groups is 1. The monoisotopic (exact) mass is 276 g/mol. The van der Waals surface area contributed by atoms with Gasteiger partial charge in [-0.2, -0.15) is 4.31 Å². The molecule has 7 heteroatoms. The Bertz CT molecular complexity index is 483. The maximum absolute atomic E-state index is 12.2. The van der Waals surface area contributed by atoms with Gasteiger partial charge in [-0.1, -0.05) is 0 Å². The predicted octanol–water partition coefficient (Wildman–Crippen LogP) is 0.00460. The topological polar surface area (TPSA) is 83.6 Å². The van der Waals surface area contributed by atoms with Crippen molar-refractivity contribution in [2.45, 2.75) is 23.2 Å². The molecule has 1 aliphatic heterocycles. The summed E-state index contributed by atoms with van der Waals surface area (Å²) >= 11 is 1.26. The van der Waals surface area contributed by atoms with E-state index >= 15 is 0 Å². The number of aliphatic hydroxyl groups excluding tert-OH is 1. The van der Waals surface area contributed by atoms with Gasteiger partial charge in [-0.05, 0) is 31.5 Å². The van der Waals surface area contributed by atoms with Gasteiger partial charge in [0.1, 0.15) is 4.21 Å². The number of nitrogens with two attached hydrogens (primary N) is 1. The van der Waals surface area contributed by atoms with Gasteiger partial charge in [0.15, 0.2) is 0 Å². The Balaban J connectivity index is 2.19. The van der Waals surface area contributed by atoms with Crippen LogP contribution in [0.1, 0.15) is 11.3 Å². The molecule has 1 saturated heterocycles. The highest BCUT2D eigenvalue weighted by Crippen LogP contribution is 2.27. The van der Waals surface area contributed by atoms with E-state index in [4.69, 9.17) is 5.73 Å². The minimum Gasteiger partial charge on any atom is -0.392 e. The van der Waals surface area contributed by atoms with Crippen molar-refractivity contribution in [2.75, 3.05) is 19.6 Å². The minimum absolute atomic E-state index is 0.201. The molecule has 1 aliphatic rings. The van der Waals surface area contributed by atoms with E-state index in [1.165, 1.54) is 15.6 Å². The van der Waals surface area contributed by atoms with Gasteiger partial charge >= 0.3 is 0 Å². The second-order valence-electron chi connectivity index (χ2n) is 4.06. The molecule has 0 aromatic carbocycles. The van der Waals surface area contributed by atoms with Gasteiger partial charge < -0.3 is 10.8 Å². The molecule has 1 aromatic heterocycles. The van der Waals surface area contributed by atoms with E-state index < -0.39 is 16.1 Å². The maximum atomic E-state index is 12.2. The molecule has 1 atom stereocenters. The quantitative estimate of drug-likeness (QED) is 0.811. The van der Waals surface area contributed by atoms with Crippen molar-refractivity contribution in [3.8, 4) is 0 Å². The molecule has 1 aromatic rings. The number of nitrogens with zero attached hydrogens (tertiary/aromatic N) is 1. The molecule has 2 heterocycles. The van der Waals surface area contributed by atoms with Crippen LogP contribution in [0.4, 0.5) is 0 Å². The number of thiophene rings is 1. The van der Waals surface area contributed by atoms with E-state index in [1.807, 2.05) is 0 Å². The maximum Gasteiger partial charge on any atom is 0.252 e. The average molecular weight is 276 g/mol. The zero-order valence-electron chi connectivity index (χ0n) is 9.37. The molecule has 0 spiro atoms. The zero-order chi connectivity index (χ0) is 12.5. The fraction of sp³-hybridized carbons (Fsp3) is 0.600.